The molecule has 0 saturated carbocycles. The Morgan fingerprint density at radius 3 is 2.75 bits per heavy atom. The van der Waals surface area contributed by atoms with Crippen LogP contribution in [0.2, 0.25) is 0 Å². The molecule has 2 rings (SSSR count). The Bertz CT molecular complexity index is 466. The highest BCUT2D eigenvalue weighted by Crippen LogP contribution is 2.20. The Balaban J connectivity index is 2.34. The summed E-state index contributed by atoms with van der Waals surface area (Å²) in [6, 6.07) is 11.9. The summed E-state index contributed by atoms with van der Waals surface area (Å²) < 4.78 is 5.07. The second-order valence-electron chi connectivity index (χ2n) is 3.49. The standard InChI is InChI=1S/C13H14N2O/c1-16-12-5-6-13(15-9-12)11-4-2-3-10(7-11)8-14/h2-7,9H,8,14H2,1H3. The maximum Gasteiger partial charge on any atom is 0.137 e. The fourth-order valence-electron chi connectivity index (χ4n) is 1.53. The van der Waals surface area contributed by atoms with Crippen LogP contribution in [0.3, 0.4) is 0 Å². The molecule has 0 bridgehead atoms. The summed E-state index contributed by atoms with van der Waals surface area (Å²) in [4.78, 5) is 4.33. The number of aromatic nitrogens is 1. The average Bonchev–Trinajstić information content (AvgIpc) is 2.39. The summed E-state index contributed by atoms with van der Waals surface area (Å²) in [7, 11) is 1.63. The molecule has 3 heteroatoms. The molecule has 0 unspecified atom stereocenters. The lowest BCUT2D eigenvalue weighted by Crippen LogP contribution is -1.96. The number of methoxy groups -OCH3 is 1. The van der Waals surface area contributed by atoms with Gasteiger partial charge in [-0.15, -0.1) is 0 Å². The number of ether oxygens (including phenoxy) is 1. The lowest BCUT2D eigenvalue weighted by atomic mass is 10.1. The highest BCUT2D eigenvalue weighted by Gasteiger charge is 2.00. The molecule has 1 aromatic carbocycles. The van der Waals surface area contributed by atoms with Crippen LogP contribution < -0.4 is 10.5 Å². The van der Waals surface area contributed by atoms with Crippen LogP contribution in [0.1, 0.15) is 5.56 Å². The first-order valence-corrected chi connectivity index (χ1v) is 5.13. The van der Waals surface area contributed by atoms with Crippen LogP contribution in [0, 0.1) is 0 Å². The SMILES string of the molecule is COc1ccc(-c2cccc(CN)c2)nc1. The molecule has 0 saturated heterocycles. The molecular weight excluding hydrogens is 200 g/mol. The molecule has 2 N–H and O–H groups in total. The summed E-state index contributed by atoms with van der Waals surface area (Å²) in [6.45, 7) is 0.546. The van der Waals surface area contributed by atoms with E-state index in [1.165, 1.54) is 0 Å². The van der Waals surface area contributed by atoms with E-state index in [2.05, 4.69) is 11.1 Å². The van der Waals surface area contributed by atoms with E-state index >= 15 is 0 Å². The van der Waals surface area contributed by atoms with E-state index in [1.54, 1.807) is 13.3 Å². The molecule has 0 spiro atoms. The minimum absolute atomic E-state index is 0.546. The first kappa shape index (κ1) is 10.6. The monoisotopic (exact) mass is 214 g/mol. The fraction of sp³-hybridized carbons (Fsp3) is 0.154. The highest BCUT2D eigenvalue weighted by atomic mass is 16.5. The van der Waals surface area contributed by atoms with Crippen molar-refractivity contribution < 1.29 is 4.74 Å². The van der Waals surface area contributed by atoms with Gasteiger partial charge < -0.3 is 10.5 Å². The summed E-state index contributed by atoms with van der Waals surface area (Å²) in [5.74, 6) is 0.763. The van der Waals surface area contributed by atoms with Crippen molar-refractivity contribution >= 4 is 0 Å². The van der Waals surface area contributed by atoms with Gasteiger partial charge in [-0.2, -0.15) is 0 Å². The van der Waals surface area contributed by atoms with Crippen molar-refractivity contribution in [3.8, 4) is 17.0 Å². The van der Waals surface area contributed by atoms with Gasteiger partial charge >= 0.3 is 0 Å². The van der Waals surface area contributed by atoms with E-state index in [0.29, 0.717) is 6.54 Å². The molecule has 82 valence electrons. The van der Waals surface area contributed by atoms with Gasteiger partial charge in [0, 0.05) is 12.1 Å². The fourth-order valence-corrected chi connectivity index (χ4v) is 1.53. The van der Waals surface area contributed by atoms with Crippen LogP contribution in [-0.4, -0.2) is 12.1 Å². The molecule has 1 aromatic heterocycles. The van der Waals surface area contributed by atoms with Gasteiger partial charge in [-0.25, -0.2) is 0 Å². The molecule has 0 aliphatic heterocycles. The van der Waals surface area contributed by atoms with E-state index in [4.69, 9.17) is 10.5 Å². The van der Waals surface area contributed by atoms with Gasteiger partial charge in [0.05, 0.1) is 19.0 Å². The van der Waals surface area contributed by atoms with Crippen molar-refractivity contribution in [2.45, 2.75) is 6.54 Å². The van der Waals surface area contributed by atoms with Crippen molar-refractivity contribution in [2.75, 3.05) is 7.11 Å². The zero-order valence-corrected chi connectivity index (χ0v) is 9.18. The van der Waals surface area contributed by atoms with Crippen LogP contribution in [-0.2, 0) is 6.54 Å². The van der Waals surface area contributed by atoms with E-state index in [0.717, 1.165) is 22.6 Å². The summed E-state index contributed by atoms with van der Waals surface area (Å²) in [6.07, 6.45) is 1.71. The minimum atomic E-state index is 0.546. The molecule has 3 nitrogen and oxygen atoms in total. The second kappa shape index (κ2) is 4.77. The van der Waals surface area contributed by atoms with Crippen LogP contribution in [0.4, 0.5) is 0 Å². The van der Waals surface area contributed by atoms with Crippen molar-refractivity contribution in [3.63, 3.8) is 0 Å². The van der Waals surface area contributed by atoms with Crippen molar-refractivity contribution in [2.24, 2.45) is 5.73 Å². The van der Waals surface area contributed by atoms with Gasteiger partial charge in [-0.05, 0) is 23.8 Å². The average molecular weight is 214 g/mol. The summed E-state index contributed by atoms with van der Waals surface area (Å²) in [5.41, 5.74) is 8.71. The molecule has 1 heterocycles. The van der Waals surface area contributed by atoms with Crippen LogP contribution in [0.5, 0.6) is 5.75 Å². The Hall–Kier alpha value is -1.87. The number of nitrogens with two attached hydrogens (primary N) is 1. The van der Waals surface area contributed by atoms with E-state index < -0.39 is 0 Å². The first-order valence-electron chi connectivity index (χ1n) is 5.13. The normalized spacial score (nSPS) is 10.1. The number of hydrogen-bond donors (Lipinski definition) is 1. The summed E-state index contributed by atoms with van der Waals surface area (Å²) in [5, 5.41) is 0. The maximum atomic E-state index is 5.60. The van der Waals surface area contributed by atoms with Gasteiger partial charge in [0.15, 0.2) is 0 Å². The maximum absolute atomic E-state index is 5.60. The van der Waals surface area contributed by atoms with Crippen LogP contribution in [0.25, 0.3) is 11.3 Å². The Morgan fingerprint density at radius 1 is 1.25 bits per heavy atom. The number of pyridine rings is 1. The third kappa shape index (κ3) is 2.20. The minimum Gasteiger partial charge on any atom is -0.495 e. The van der Waals surface area contributed by atoms with Crippen molar-refractivity contribution in [1.82, 2.24) is 4.98 Å². The van der Waals surface area contributed by atoms with Crippen LogP contribution in [0.15, 0.2) is 42.6 Å². The predicted octanol–water partition coefficient (Wildman–Crippen LogP) is 2.22. The molecule has 0 fully saturated rings. The molecule has 0 aliphatic carbocycles. The summed E-state index contributed by atoms with van der Waals surface area (Å²) >= 11 is 0. The van der Waals surface area contributed by atoms with Gasteiger partial charge in [0.25, 0.3) is 0 Å². The van der Waals surface area contributed by atoms with Gasteiger partial charge in [-0.1, -0.05) is 18.2 Å². The number of rotatable bonds is 3. The molecule has 2 aromatic rings. The van der Waals surface area contributed by atoms with Gasteiger partial charge in [-0.3, -0.25) is 4.98 Å². The number of hydrogen-bond acceptors (Lipinski definition) is 3. The molecule has 0 radical (unpaired) electrons. The second-order valence-corrected chi connectivity index (χ2v) is 3.49. The van der Waals surface area contributed by atoms with E-state index in [-0.39, 0.29) is 0 Å². The van der Waals surface area contributed by atoms with Crippen molar-refractivity contribution in [1.29, 1.82) is 0 Å². The smallest absolute Gasteiger partial charge is 0.137 e. The van der Waals surface area contributed by atoms with Crippen molar-refractivity contribution in [3.05, 3.63) is 48.2 Å². The zero-order chi connectivity index (χ0) is 11.4. The first-order chi connectivity index (χ1) is 7.83. The van der Waals surface area contributed by atoms with Gasteiger partial charge in [0.2, 0.25) is 0 Å². The number of nitrogens with zero attached hydrogens (tertiary/aromatic N) is 1. The lowest BCUT2D eigenvalue weighted by Gasteiger charge is -2.04. The van der Waals surface area contributed by atoms with E-state index in [9.17, 15) is 0 Å². The molecule has 0 amide bonds. The zero-order valence-electron chi connectivity index (χ0n) is 9.18. The third-order valence-electron chi connectivity index (χ3n) is 2.43. The Labute approximate surface area is 94.9 Å². The topological polar surface area (TPSA) is 48.1 Å². The lowest BCUT2D eigenvalue weighted by molar-refractivity contribution is 0.413. The Kier molecular flexibility index (Phi) is 3.17. The van der Waals surface area contributed by atoms with Crippen LogP contribution >= 0.6 is 0 Å². The molecule has 16 heavy (non-hydrogen) atoms. The van der Waals surface area contributed by atoms with Gasteiger partial charge in [0.1, 0.15) is 5.75 Å². The molecular formula is C13H14N2O. The quantitative estimate of drug-likeness (QED) is 0.852. The predicted molar refractivity (Wildman–Crippen MR) is 64.1 cm³/mol. The molecule has 0 atom stereocenters. The number of benzene rings is 1. The third-order valence-corrected chi connectivity index (χ3v) is 2.43. The molecule has 0 aliphatic rings. The largest absolute Gasteiger partial charge is 0.495 e. The van der Waals surface area contributed by atoms with E-state index in [1.807, 2.05) is 30.3 Å². The Morgan fingerprint density at radius 2 is 2.12 bits per heavy atom. The highest BCUT2D eigenvalue weighted by molar-refractivity contribution is 5.60.